The van der Waals surface area contributed by atoms with Gasteiger partial charge in [0.05, 0.1) is 13.7 Å². The molecule has 0 saturated carbocycles. The summed E-state index contributed by atoms with van der Waals surface area (Å²) in [5.74, 6) is -0.787. The molecular formula is C11H19NO6. The maximum absolute atomic E-state index is 11.9. The Bertz CT molecular complexity index is 337. The van der Waals surface area contributed by atoms with Crippen LogP contribution in [-0.4, -0.2) is 64.7 Å². The fraction of sp³-hybridized carbons (Fsp3) is 0.818. The molecule has 7 nitrogen and oxygen atoms in total. The predicted octanol–water partition coefficient (Wildman–Crippen LogP) is -0.500. The molecule has 1 saturated heterocycles. The number of carbonyl (C=O) groups is 2. The number of likely N-dealkylation sites (tertiary alicyclic amines) is 1. The van der Waals surface area contributed by atoms with Gasteiger partial charge in [0.15, 0.2) is 6.04 Å². The molecule has 0 aromatic rings. The van der Waals surface area contributed by atoms with Crippen molar-refractivity contribution < 1.29 is 29.3 Å². The molecule has 104 valence electrons. The SMILES string of the molecule is COC(=O)[C@H]1[C@H](O)[C@H](O)CN1C(=O)OC(C)(C)C. The van der Waals surface area contributed by atoms with E-state index in [1.165, 1.54) is 0 Å². The third-order valence-electron chi connectivity index (χ3n) is 2.51. The van der Waals surface area contributed by atoms with Gasteiger partial charge in [-0.05, 0) is 20.8 Å². The highest BCUT2D eigenvalue weighted by atomic mass is 16.6. The molecule has 7 heteroatoms. The molecule has 1 aliphatic heterocycles. The van der Waals surface area contributed by atoms with Gasteiger partial charge in [-0.3, -0.25) is 4.90 Å². The van der Waals surface area contributed by atoms with Crippen molar-refractivity contribution in [1.82, 2.24) is 4.90 Å². The number of β-amino-alcohol motifs (C(OH)–C–C–N with tert-alkyl or cyclic N) is 1. The van der Waals surface area contributed by atoms with E-state index in [9.17, 15) is 19.8 Å². The molecule has 18 heavy (non-hydrogen) atoms. The van der Waals surface area contributed by atoms with Gasteiger partial charge in [0.1, 0.15) is 17.8 Å². The summed E-state index contributed by atoms with van der Waals surface area (Å²) >= 11 is 0. The van der Waals surface area contributed by atoms with E-state index in [0.717, 1.165) is 12.0 Å². The molecule has 0 bridgehead atoms. The third-order valence-corrected chi connectivity index (χ3v) is 2.51. The first-order valence-corrected chi connectivity index (χ1v) is 5.61. The molecule has 0 aromatic heterocycles. The van der Waals surface area contributed by atoms with Crippen LogP contribution in [0.3, 0.4) is 0 Å². The Balaban J connectivity index is 2.86. The molecule has 0 aromatic carbocycles. The van der Waals surface area contributed by atoms with Crippen LogP contribution in [0, 0.1) is 0 Å². The lowest BCUT2D eigenvalue weighted by Gasteiger charge is -2.27. The number of rotatable bonds is 1. The van der Waals surface area contributed by atoms with Gasteiger partial charge in [-0.2, -0.15) is 0 Å². The highest BCUT2D eigenvalue weighted by molar-refractivity contribution is 5.83. The van der Waals surface area contributed by atoms with Crippen molar-refractivity contribution in [2.75, 3.05) is 13.7 Å². The van der Waals surface area contributed by atoms with E-state index >= 15 is 0 Å². The molecule has 1 heterocycles. The molecule has 1 aliphatic rings. The van der Waals surface area contributed by atoms with Crippen molar-refractivity contribution >= 4 is 12.1 Å². The zero-order chi connectivity index (χ0) is 14.1. The fourth-order valence-corrected chi connectivity index (χ4v) is 1.71. The number of esters is 1. The van der Waals surface area contributed by atoms with Gasteiger partial charge in [0.25, 0.3) is 0 Å². The Kier molecular flexibility index (Phi) is 4.18. The minimum atomic E-state index is -1.37. The Morgan fingerprint density at radius 1 is 1.28 bits per heavy atom. The third kappa shape index (κ3) is 3.11. The number of ether oxygens (including phenoxy) is 2. The second-order valence-electron chi connectivity index (χ2n) is 5.16. The Morgan fingerprint density at radius 2 is 1.83 bits per heavy atom. The highest BCUT2D eigenvalue weighted by Gasteiger charge is 2.48. The number of hydrogen-bond acceptors (Lipinski definition) is 6. The lowest BCUT2D eigenvalue weighted by atomic mass is 10.1. The molecule has 0 aliphatic carbocycles. The quantitative estimate of drug-likeness (QED) is 0.618. The van der Waals surface area contributed by atoms with Gasteiger partial charge in [0.2, 0.25) is 0 Å². The van der Waals surface area contributed by atoms with E-state index in [1.54, 1.807) is 20.8 Å². The van der Waals surface area contributed by atoms with Gasteiger partial charge >= 0.3 is 12.1 Å². The fourth-order valence-electron chi connectivity index (χ4n) is 1.71. The number of nitrogens with zero attached hydrogens (tertiary/aromatic N) is 1. The lowest BCUT2D eigenvalue weighted by Crippen LogP contribution is -2.47. The van der Waals surface area contributed by atoms with E-state index in [4.69, 9.17) is 4.74 Å². The van der Waals surface area contributed by atoms with Crippen molar-refractivity contribution in [1.29, 1.82) is 0 Å². The monoisotopic (exact) mass is 261 g/mol. The summed E-state index contributed by atoms with van der Waals surface area (Å²) in [6, 6.07) is -1.24. The zero-order valence-electron chi connectivity index (χ0n) is 10.9. The van der Waals surface area contributed by atoms with Crippen LogP contribution in [-0.2, 0) is 14.3 Å². The van der Waals surface area contributed by atoms with Crippen LogP contribution < -0.4 is 0 Å². The minimum absolute atomic E-state index is 0.171. The van der Waals surface area contributed by atoms with Crippen molar-refractivity contribution in [3.8, 4) is 0 Å². The molecular weight excluding hydrogens is 242 g/mol. The number of amides is 1. The summed E-state index contributed by atoms with van der Waals surface area (Å²) in [5.41, 5.74) is -0.726. The van der Waals surface area contributed by atoms with Crippen LogP contribution in [0.15, 0.2) is 0 Å². The van der Waals surface area contributed by atoms with Crippen molar-refractivity contribution in [3.05, 3.63) is 0 Å². The molecule has 0 unspecified atom stereocenters. The van der Waals surface area contributed by atoms with Crippen molar-refractivity contribution in [3.63, 3.8) is 0 Å². The second-order valence-corrected chi connectivity index (χ2v) is 5.16. The smallest absolute Gasteiger partial charge is 0.411 e. The summed E-state index contributed by atoms with van der Waals surface area (Å²) in [7, 11) is 1.15. The Hall–Kier alpha value is -1.34. The van der Waals surface area contributed by atoms with Gasteiger partial charge in [0, 0.05) is 0 Å². The first kappa shape index (κ1) is 14.7. The van der Waals surface area contributed by atoms with Gasteiger partial charge in [-0.25, -0.2) is 9.59 Å². The van der Waals surface area contributed by atoms with Crippen LogP contribution in [0.5, 0.6) is 0 Å². The maximum atomic E-state index is 11.9. The number of aliphatic hydroxyl groups is 2. The standard InChI is InChI=1S/C11H19NO6/c1-11(2,3)18-10(16)12-5-6(13)8(14)7(12)9(15)17-4/h6-8,13-14H,5H2,1-4H3/t6-,7-,8-/m1/s1. The predicted molar refractivity (Wildman–Crippen MR) is 60.8 cm³/mol. The highest BCUT2D eigenvalue weighted by Crippen LogP contribution is 2.22. The second kappa shape index (κ2) is 5.11. The van der Waals surface area contributed by atoms with Crippen LogP contribution in [0.2, 0.25) is 0 Å². The number of carbonyl (C=O) groups excluding carboxylic acids is 2. The number of methoxy groups -OCH3 is 1. The van der Waals surface area contributed by atoms with E-state index in [1.807, 2.05) is 0 Å². The molecule has 3 atom stereocenters. The average Bonchev–Trinajstić information content (AvgIpc) is 2.52. The van der Waals surface area contributed by atoms with E-state index in [0.29, 0.717) is 0 Å². The van der Waals surface area contributed by atoms with Crippen molar-refractivity contribution in [2.45, 2.75) is 44.6 Å². The summed E-state index contributed by atoms with van der Waals surface area (Å²) in [4.78, 5) is 24.3. The van der Waals surface area contributed by atoms with Crippen molar-refractivity contribution in [2.24, 2.45) is 0 Å². The first-order chi connectivity index (χ1) is 8.17. The van der Waals surface area contributed by atoms with Crippen LogP contribution >= 0.6 is 0 Å². The Morgan fingerprint density at radius 3 is 2.28 bits per heavy atom. The average molecular weight is 261 g/mol. The maximum Gasteiger partial charge on any atom is 0.411 e. The summed E-state index contributed by atoms with van der Waals surface area (Å²) in [5, 5.41) is 19.2. The summed E-state index contributed by atoms with van der Waals surface area (Å²) < 4.78 is 9.60. The van der Waals surface area contributed by atoms with E-state index in [-0.39, 0.29) is 6.54 Å². The molecule has 2 N–H and O–H groups in total. The van der Waals surface area contributed by atoms with Gasteiger partial charge in [-0.1, -0.05) is 0 Å². The minimum Gasteiger partial charge on any atom is -0.467 e. The molecule has 0 radical (unpaired) electrons. The Labute approximate surface area is 105 Å². The number of aliphatic hydroxyl groups excluding tert-OH is 2. The van der Waals surface area contributed by atoms with Crippen LogP contribution in [0.4, 0.5) is 4.79 Å². The largest absolute Gasteiger partial charge is 0.467 e. The summed E-state index contributed by atoms with van der Waals surface area (Å²) in [6.45, 7) is 4.87. The normalized spacial score (nSPS) is 28.1. The molecule has 1 rings (SSSR count). The molecule has 0 spiro atoms. The van der Waals surface area contributed by atoms with Gasteiger partial charge in [-0.15, -0.1) is 0 Å². The molecule has 1 amide bonds. The van der Waals surface area contributed by atoms with E-state index < -0.39 is 35.9 Å². The summed E-state index contributed by atoms with van der Waals surface area (Å²) in [6.07, 6.45) is -3.33. The first-order valence-electron chi connectivity index (χ1n) is 5.61. The van der Waals surface area contributed by atoms with Crippen LogP contribution in [0.1, 0.15) is 20.8 Å². The van der Waals surface area contributed by atoms with Crippen LogP contribution in [0.25, 0.3) is 0 Å². The molecule has 1 fully saturated rings. The van der Waals surface area contributed by atoms with Gasteiger partial charge < -0.3 is 19.7 Å². The zero-order valence-corrected chi connectivity index (χ0v) is 10.9. The lowest BCUT2D eigenvalue weighted by molar-refractivity contribution is -0.149. The van der Waals surface area contributed by atoms with E-state index in [2.05, 4.69) is 4.74 Å². The topological polar surface area (TPSA) is 96.3 Å². The number of hydrogen-bond donors (Lipinski definition) is 2.